The molecule has 0 bridgehead atoms. The molecule has 68 valence electrons. The Hall–Kier alpha value is -1.38. The second kappa shape index (κ2) is 3.17. The molecule has 0 fully saturated rings. The van der Waals surface area contributed by atoms with Gasteiger partial charge in [-0.05, 0) is 18.1 Å². The Kier molecular flexibility index (Phi) is 2.00. The van der Waals surface area contributed by atoms with Gasteiger partial charge in [-0.15, -0.1) is 0 Å². The van der Waals surface area contributed by atoms with Crippen molar-refractivity contribution in [3.05, 3.63) is 29.6 Å². The second-order valence-electron chi connectivity index (χ2n) is 3.41. The van der Waals surface area contributed by atoms with E-state index in [1.807, 2.05) is 6.07 Å². The van der Waals surface area contributed by atoms with Gasteiger partial charge in [-0.1, -0.05) is 6.07 Å². The molecule has 1 heterocycles. The van der Waals surface area contributed by atoms with Crippen LogP contribution in [0.3, 0.4) is 0 Å². The molecule has 1 aliphatic rings. The minimum absolute atomic E-state index is 0.0396. The number of hydrogen-bond acceptors (Lipinski definition) is 2. The summed E-state index contributed by atoms with van der Waals surface area (Å²) in [5.41, 5.74) is 2.39. The lowest BCUT2D eigenvalue weighted by Gasteiger charge is -2.08. The van der Waals surface area contributed by atoms with Crippen LogP contribution in [-0.2, 0) is 17.6 Å². The van der Waals surface area contributed by atoms with E-state index in [4.69, 9.17) is 0 Å². The molecule has 13 heavy (non-hydrogen) atoms. The molecule has 3 heteroatoms. The number of aromatic nitrogens is 1. The molecular weight excluding hydrogens is 164 g/mol. The van der Waals surface area contributed by atoms with Crippen molar-refractivity contribution in [2.75, 3.05) is 0 Å². The van der Waals surface area contributed by atoms with Crippen LogP contribution >= 0.6 is 0 Å². The molecule has 0 spiro atoms. The quantitative estimate of drug-likeness (QED) is 0.684. The SMILES string of the molecule is CC(=O)NC1Cc2cccnc2C1. The molecule has 2 rings (SSSR count). The Balaban J connectivity index is 2.09. The van der Waals surface area contributed by atoms with E-state index in [2.05, 4.69) is 16.4 Å². The Morgan fingerprint density at radius 1 is 1.62 bits per heavy atom. The van der Waals surface area contributed by atoms with E-state index in [9.17, 15) is 4.79 Å². The Morgan fingerprint density at radius 2 is 2.46 bits per heavy atom. The van der Waals surface area contributed by atoms with Gasteiger partial charge in [0.25, 0.3) is 0 Å². The van der Waals surface area contributed by atoms with Gasteiger partial charge in [0.1, 0.15) is 0 Å². The minimum Gasteiger partial charge on any atom is -0.353 e. The van der Waals surface area contributed by atoms with Crippen molar-refractivity contribution in [3.8, 4) is 0 Å². The predicted octanol–water partition coefficient (Wildman–Crippen LogP) is 0.685. The average Bonchev–Trinajstić information content (AvgIpc) is 2.44. The standard InChI is InChI=1S/C10H12N2O/c1-7(13)12-9-5-8-3-2-4-11-10(8)6-9/h2-4,9H,5-6H2,1H3,(H,12,13). The summed E-state index contributed by atoms with van der Waals surface area (Å²) in [5.74, 6) is 0.0396. The molecule has 1 unspecified atom stereocenters. The van der Waals surface area contributed by atoms with Crippen molar-refractivity contribution < 1.29 is 4.79 Å². The van der Waals surface area contributed by atoms with Crippen LogP contribution in [0.15, 0.2) is 18.3 Å². The molecule has 0 saturated heterocycles. The van der Waals surface area contributed by atoms with Crippen LogP contribution in [0.1, 0.15) is 18.2 Å². The molecule has 0 saturated carbocycles. The van der Waals surface area contributed by atoms with Crippen LogP contribution < -0.4 is 5.32 Å². The first-order valence-corrected chi connectivity index (χ1v) is 4.45. The highest BCUT2D eigenvalue weighted by molar-refractivity contribution is 5.73. The smallest absolute Gasteiger partial charge is 0.217 e. The van der Waals surface area contributed by atoms with Crippen LogP contribution in [0.25, 0.3) is 0 Å². The third-order valence-corrected chi connectivity index (χ3v) is 2.30. The van der Waals surface area contributed by atoms with Crippen molar-refractivity contribution in [1.82, 2.24) is 10.3 Å². The van der Waals surface area contributed by atoms with Crippen molar-refractivity contribution >= 4 is 5.91 Å². The number of pyridine rings is 1. The summed E-state index contributed by atoms with van der Waals surface area (Å²) in [7, 11) is 0. The fourth-order valence-electron chi connectivity index (χ4n) is 1.80. The Bertz CT molecular complexity index is 310. The molecule has 0 aromatic carbocycles. The Labute approximate surface area is 77.2 Å². The van der Waals surface area contributed by atoms with Gasteiger partial charge < -0.3 is 5.32 Å². The van der Waals surface area contributed by atoms with E-state index in [0.717, 1.165) is 18.5 Å². The van der Waals surface area contributed by atoms with E-state index in [1.54, 1.807) is 13.1 Å². The van der Waals surface area contributed by atoms with Crippen molar-refractivity contribution in [2.24, 2.45) is 0 Å². The van der Waals surface area contributed by atoms with Crippen molar-refractivity contribution in [1.29, 1.82) is 0 Å². The fraction of sp³-hybridized carbons (Fsp3) is 0.400. The summed E-state index contributed by atoms with van der Waals surface area (Å²) < 4.78 is 0. The summed E-state index contributed by atoms with van der Waals surface area (Å²) in [6, 6.07) is 4.27. The zero-order chi connectivity index (χ0) is 9.26. The van der Waals surface area contributed by atoms with Gasteiger partial charge in [0, 0.05) is 31.3 Å². The number of nitrogens with one attached hydrogen (secondary N) is 1. The lowest BCUT2D eigenvalue weighted by atomic mass is 10.2. The van der Waals surface area contributed by atoms with Crippen molar-refractivity contribution in [2.45, 2.75) is 25.8 Å². The lowest BCUT2D eigenvalue weighted by Crippen LogP contribution is -2.33. The maximum absolute atomic E-state index is 10.8. The van der Waals surface area contributed by atoms with E-state index in [0.29, 0.717) is 0 Å². The first-order chi connectivity index (χ1) is 6.25. The summed E-state index contributed by atoms with van der Waals surface area (Å²) in [4.78, 5) is 15.1. The number of amides is 1. The number of carbonyl (C=O) groups excluding carboxylic acids is 1. The second-order valence-corrected chi connectivity index (χ2v) is 3.41. The predicted molar refractivity (Wildman–Crippen MR) is 49.2 cm³/mol. The maximum Gasteiger partial charge on any atom is 0.217 e. The number of hydrogen-bond donors (Lipinski definition) is 1. The maximum atomic E-state index is 10.8. The number of nitrogens with zero attached hydrogens (tertiary/aromatic N) is 1. The van der Waals surface area contributed by atoms with Gasteiger partial charge in [-0.3, -0.25) is 9.78 Å². The summed E-state index contributed by atoms with van der Waals surface area (Å²) in [6.07, 6.45) is 3.59. The van der Waals surface area contributed by atoms with Crippen LogP contribution in [0.2, 0.25) is 0 Å². The molecule has 1 N–H and O–H groups in total. The molecule has 3 nitrogen and oxygen atoms in total. The van der Waals surface area contributed by atoms with Gasteiger partial charge in [0.2, 0.25) is 5.91 Å². The molecule has 1 atom stereocenters. The largest absolute Gasteiger partial charge is 0.353 e. The highest BCUT2D eigenvalue weighted by atomic mass is 16.1. The molecule has 1 aliphatic carbocycles. The van der Waals surface area contributed by atoms with Gasteiger partial charge in [0.15, 0.2) is 0 Å². The number of rotatable bonds is 1. The monoisotopic (exact) mass is 176 g/mol. The molecule has 1 amide bonds. The first-order valence-electron chi connectivity index (χ1n) is 4.45. The first kappa shape index (κ1) is 8.23. The average molecular weight is 176 g/mol. The third-order valence-electron chi connectivity index (χ3n) is 2.30. The number of fused-ring (bicyclic) bond motifs is 1. The molecule has 0 radical (unpaired) electrons. The highest BCUT2D eigenvalue weighted by Gasteiger charge is 2.22. The van der Waals surface area contributed by atoms with Crippen molar-refractivity contribution in [3.63, 3.8) is 0 Å². The van der Waals surface area contributed by atoms with E-state index in [-0.39, 0.29) is 11.9 Å². The topological polar surface area (TPSA) is 42.0 Å². The summed E-state index contributed by atoms with van der Waals surface area (Å²) in [6.45, 7) is 1.55. The third kappa shape index (κ3) is 1.69. The van der Waals surface area contributed by atoms with E-state index < -0.39 is 0 Å². The van der Waals surface area contributed by atoms with Crippen LogP contribution in [-0.4, -0.2) is 16.9 Å². The van der Waals surface area contributed by atoms with Gasteiger partial charge >= 0.3 is 0 Å². The Morgan fingerprint density at radius 3 is 3.15 bits per heavy atom. The van der Waals surface area contributed by atoms with E-state index in [1.165, 1.54) is 5.56 Å². The van der Waals surface area contributed by atoms with Gasteiger partial charge in [0.05, 0.1) is 0 Å². The summed E-state index contributed by atoms with van der Waals surface area (Å²) in [5, 5.41) is 2.91. The molecular formula is C10H12N2O. The zero-order valence-electron chi connectivity index (χ0n) is 7.58. The van der Waals surface area contributed by atoms with Crippen LogP contribution in [0.4, 0.5) is 0 Å². The molecule has 1 aromatic rings. The molecule has 0 aliphatic heterocycles. The summed E-state index contributed by atoms with van der Waals surface area (Å²) >= 11 is 0. The minimum atomic E-state index is 0.0396. The zero-order valence-corrected chi connectivity index (χ0v) is 7.58. The van der Waals surface area contributed by atoms with Crippen LogP contribution in [0, 0.1) is 0 Å². The fourth-order valence-corrected chi connectivity index (χ4v) is 1.80. The molecule has 1 aromatic heterocycles. The van der Waals surface area contributed by atoms with E-state index >= 15 is 0 Å². The van der Waals surface area contributed by atoms with Gasteiger partial charge in [-0.25, -0.2) is 0 Å². The number of carbonyl (C=O) groups is 1. The van der Waals surface area contributed by atoms with Gasteiger partial charge in [-0.2, -0.15) is 0 Å². The van der Waals surface area contributed by atoms with Crippen LogP contribution in [0.5, 0.6) is 0 Å². The normalized spacial score (nSPS) is 19.6. The highest BCUT2D eigenvalue weighted by Crippen LogP contribution is 2.19. The lowest BCUT2D eigenvalue weighted by molar-refractivity contribution is -0.119.